The van der Waals surface area contributed by atoms with E-state index in [1.807, 2.05) is 30.1 Å². The van der Waals surface area contributed by atoms with E-state index in [0.29, 0.717) is 5.25 Å². The molecule has 4 nitrogen and oxygen atoms in total. The molecule has 0 bridgehead atoms. The number of pyridine rings is 1. The van der Waals surface area contributed by atoms with E-state index in [1.54, 1.807) is 0 Å². The average Bonchev–Trinajstić information content (AvgIpc) is 3.14. The van der Waals surface area contributed by atoms with Crippen molar-refractivity contribution < 1.29 is 0 Å². The van der Waals surface area contributed by atoms with Gasteiger partial charge in [-0.2, -0.15) is 0 Å². The number of thioether (sulfide) groups is 1. The van der Waals surface area contributed by atoms with E-state index in [2.05, 4.69) is 52.8 Å². The van der Waals surface area contributed by atoms with E-state index in [-0.39, 0.29) is 12.1 Å². The van der Waals surface area contributed by atoms with E-state index in [1.165, 1.54) is 10.9 Å². The van der Waals surface area contributed by atoms with E-state index in [0.717, 1.165) is 12.2 Å². The molecule has 1 fully saturated rings. The lowest BCUT2D eigenvalue weighted by molar-refractivity contribution is 0.309. The van der Waals surface area contributed by atoms with Gasteiger partial charge in [0.2, 0.25) is 0 Å². The molecule has 21 heavy (non-hydrogen) atoms. The maximum atomic E-state index is 4.98. The summed E-state index contributed by atoms with van der Waals surface area (Å²) in [5, 5.41) is 1.78. The molecule has 0 amide bonds. The summed E-state index contributed by atoms with van der Waals surface area (Å²) in [5.41, 5.74) is 2.36. The lowest BCUT2D eigenvalue weighted by Crippen LogP contribution is -2.29. The first-order valence-corrected chi connectivity index (χ1v) is 8.15. The molecule has 0 radical (unpaired) electrons. The molecule has 0 aromatic carbocycles. The highest BCUT2D eigenvalue weighted by Gasteiger charge is 2.44. The number of aliphatic imine (C=N–C) groups is 1. The van der Waals surface area contributed by atoms with Crippen molar-refractivity contribution in [1.29, 1.82) is 0 Å². The number of nitrogens with zero attached hydrogens (tertiary/aromatic N) is 4. The van der Waals surface area contributed by atoms with Crippen molar-refractivity contribution in [3.63, 3.8) is 0 Å². The lowest BCUT2D eigenvalue weighted by Gasteiger charge is -2.27. The molecular formula is C16H18N4S. The summed E-state index contributed by atoms with van der Waals surface area (Å²) in [6, 6.07) is 10.7. The van der Waals surface area contributed by atoms with Crippen molar-refractivity contribution >= 4 is 16.9 Å². The van der Waals surface area contributed by atoms with E-state index >= 15 is 0 Å². The Morgan fingerprint density at radius 3 is 2.86 bits per heavy atom. The molecule has 4 heterocycles. The fourth-order valence-electron chi connectivity index (χ4n) is 3.22. The van der Waals surface area contributed by atoms with Crippen LogP contribution in [-0.4, -0.2) is 31.4 Å². The van der Waals surface area contributed by atoms with Crippen molar-refractivity contribution in [3.8, 4) is 0 Å². The third-order valence-corrected chi connectivity index (χ3v) is 5.27. The maximum absolute atomic E-state index is 4.98. The number of aromatic nitrogens is 2. The number of hydrogen-bond acceptors (Lipinski definition) is 4. The van der Waals surface area contributed by atoms with Crippen molar-refractivity contribution in [2.24, 2.45) is 12.0 Å². The SMILES string of the molecule is C[C@@H]1CN2C(=N[C@H](c3ccccn3)[C@@H]2c2cccn2C)S1. The van der Waals surface area contributed by atoms with Crippen molar-refractivity contribution in [2.75, 3.05) is 6.54 Å². The van der Waals surface area contributed by atoms with Crippen LogP contribution in [0.4, 0.5) is 0 Å². The van der Waals surface area contributed by atoms with Crippen LogP contribution in [0.15, 0.2) is 47.7 Å². The third-order valence-electron chi connectivity index (χ3n) is 4.17. The van der Waals surface area contributed by atoms with E-state index in [4.69, 9.17) is 4.99 Å². The summed E-state index contributed by atoms with van der Waals surface area (Å²) in [4.78, 5) is 12.0. The number of hydrogen-bond donors (Lipinski definition) is 0. The highest BCUT2D eigenvalue weighted by Crippen LogP contribution is 2.47. The molecule has 2 aliphatic rings. The summed E-state index contributed by atoms with van der Waals surface area (Å²) >= 11 is 1.88. The van der Waals surface area contributed by atoms with Crippen LogP contribution in [0, 0.1) is 0 Å². The number of rotatable bonds is 2. The minimum atomic E-state index is 0.0924. The van der Waals surface area contributed by atoms with Gasteiger partial charge >= 0.3 is 0 Å². The van der Waals surface area contributed by atoms with Gasteiger partial charge in [0.15, 0.2) is 5.17 Å². The van der Waals surface area contributed by atoms with Crippen LogP contribution in [0.25, 0.3) is 0 Å². The molecule has 0 unspecified atom stereocenters. The van der Waals surface area contributed by atoms with Gasteiger partial charge in [-0.25, -0.2) is 0 Å². The molecule has 3 atom stereocenters. The Kier molecular flexibility index (Phi) is 3.03. The summed E-state index contributed by atoms with van der Waals surface area (Å²) in [6.07, 6.45) is 3.96. The minimum Gasteiger partial charge on any atom is -0.353 e. The largest absolute Gasteiger partial charge is 0.353 e. The standard InChI is InChI=1S/C16H18N4S/c1-11-10-20-15(13-7-5-9-19(13)2)14(18-16(20)21-11)12-6-3-4-8-17-12/h3-9,11,14-15H,10H2,1-2H3/t11-,14-,15+/m1/s1. The van der Waals surface area contributed by atoms with Gasteiger partial charge in [0.1, 0.15) is 6.04 Å². The van der Waals surface area contributed by atoms with Crippen LogP contribution >= 0.6 is 11.8 Å². The highest BCUT2D eigenvalue weighted by molar-refractivity contribution is 8.14. The monoisotopic (exact) mass is 298 g/mol. The molecule has 2 aromatic heterocycles. The van der Waals surface area contributed by atoms with Gasteiger partial charge in [-0.05, 0) is 24.3 Å². The van der Waals surface area contributed by atoms with Crippen LogP contribution in [0.2, 0.25) is 0 Å². The molecule has 0 saturated carbocycles. The Bertz CT molecular complexity index is 679. The summed E-state index contributed by atoms with van der Waals surface area (Å²) < 4.78 is 2.20. The minimum absolute atomic E-state index is 0.0924. The number of amidine groups is 1. The second kappa shape index (κ2) is 4.91. The van der Waals surface area contributed by atoms with Crippen LogP contribution in [-0.2, 0) is 7.05 Å². The Hall–Kier alpha value is -1.75. The first kappa shape index (κ1) is 13.0. The molecule has 0 spiro atoms. The Balaban J connectivity index is 1.79. The average molecular weight is 298 g/mol. The fraction of sp³-hybridized carbons (Fsp3) is 0.375. The van der Waals surface area contributed by atoms with Gasteiger partial charge in [-0.15, -0.1) is 0 Å². The molecule has 5 heteroatoms. The maximum Gasteiger partial charge on any atom is 0.160 e. The Morgan fingerprint density at radius 2 is 2.14 bits per heavy atom. The second-order valence-corrected chi connectivity index (χ2v) is 7.09. The van der Waals surface area contributed by atoms with Gasteiger partial charge in [0.25, 0.3) is 0 Å². The van der Waals surface area contributed by atoms with Crippen LogP contribution < -0.4 is 0 Å². The molecular weight excluding hydrogens is 280 g/mol. The van der Waals surface area contributed by atoms with E-state index in [9.17, 15) is 0 Å². The van der Waals surface area contributed by atoms with Gasteiger partial charge < -0.3 is 9.47 Å². The molecule has 4 rings (SSSR count). The lowest BCUT2D eigenvalue weighted by atomic mass is 10.0. The molecule has 1 saturated heterocycles. The Morgan fingerprint density at radius 1 is 1.24 bits per heavy atom. The smallest absolute Gasteiger partial charge is 0.160 e. The van der Waals surface area contributed by atoms with E-state index < -0.39 is 0 Å². The van der Waals surface area contributed by atoms with Crippen LogP contribution in [0.5, 0.6) is 0 Å². The van der Waals surface area contributed by atoms with Crippen molar-refractivity contribution in [1.82, 2.24) is 14.5 Å². The molecule has 2 aliphatic heterocycles. The summed E-state index contributed by atoms with van der Waals surface area (Å²) in [7, 11) is 2.11. The van der Waals surface area contributed by atoms with Gasteiger partial charge in [0, 0.05) is 36.9 Å². The second-order valence-electron chi connectivity index (χ2n) is 5.68. The van der Waals surface area contributed by atoms with Crippen molar-refractivity contribution in [2.45, 2.75) is 24.3 Å². The Labute approximate surface area is 128 Å². The zero-order chi connectivity index (χ0) is 14.4. The molecule has 108 valence electrons. The first-order valence-electron chi connectivity index (χ1n) is 7.27. The number of aryl methyl sites for hydroxylation is 1. The zero-order valence-corrected chi connectivity index (χ0v) is 13.0. The molecule has 0 N–H and O–H groups in total. The first-order chi connectivity index (χ1) is 10.2. The van der Waals surface area contributed by atoms with Crippen LogP contribution in [0.3, 0.4) is 0 Å². The fourth-order valence-corrected chi connectivity index (χ4v) is 4.31. The van der Waals surface area contributed by atoms with Gasteiger partial charge in [-0.1, -0.05) is 24.8 Å². The van der Waals surface area contributed by atoms with Gasteiger partial charge in [0.05, 0.1) is 11.7 Å². The quantitative estimate of drug-likeness (QED) is 0.854. The van der Waals surface area contributed by atoms with Gasteiger partial charge in [-0.3, -0.25) is 9.98 Å². The normalized spacial score (nSPS) is 27.8. The summed E-state index contributed by atoms with van der Waals surface area (Å²) in [5.74, 6) is 0. The summed E-state index contributed by atoms with van der Waals surface area (Å²) in [6.45, 7) is 3.33. The topological polar surface area (TPSA) is 33.4 Å². The zero-order valence-electron chi connectivity index (χ0n) is 12.2. The highest BCUT2D eigenvalue weighted by atomic mass is 32.2. The number of fused-ring (bicyclic) bond motifs is 1. The predicted octanol–water partition coefficient (Wildman–Crippen LogP) is 3.01. The molecule has 0 aliphatic carbocycles. The molecule has 2 aromatic rings. The third kappa shape index (κ3) is 2.07. The van der Waals surface area contributed by atoms with Crippen molar-refractivity contribution in [3.05, 3.63) is 54.1 Å². The van der Waals surface area contributed by atoms with Crippen LogP contribution in [0.1, 0.15) is 30.4 Å². The predicted molar refractivity (Wildman–Crippen MR) is 86.3 cm³/mol.